The zero-order chi connectivity index (χ0) is 17.9. The lowest BCUT2D eigenvalue weighted by Crippen LogP contribution is -1.89. The first-order chi connectivity index (χ1) is 12.7. The molecule has 0 amide bonds. The lowest BCUT2D eigenvalue weighted by molar-refractivity contribution is 0.413. The Hall–Kier alpha value is -3.43. The minimum atomic E-state index is 0.615. The van der Waals surface area contributed by atoms with E-state index in [1.807, 2.05) is 36.5 Å². The summed E-state index contributed by atoms with van der Waals surface area (Å²) in [6.45, 7) is 0. The predicted octanol–water partition coefficient (Wildman–Crippen LogP) is 4.98. The van der Waals surface area contributed by atoms with Gasteiger partial charge >= 0.3 is 0 Å². The minimum absolute atomic E-state index is 0.615. The van der Waals surface area contributed by atoms with Crippen molar-refractivity contribution in [1.29, 1.82) is 5.26 Å². The molecule has 0 bridgehead atoms. The molecule has 0 aliphatic carbocycles. The number of benzene rings is 2. The Morgan fingerprint density at radius 3 is 2.85 bits per heavy atom. The van der Waals surface area contributed by atoms with Gasteiger partial charge in [-0.25, -0.2) is 4.98 Å². The molecule has 0 saturated carbocycles. The number of anilines is 2. The molecule has 2 aromatic heterocycles. The fraction of sp³-hybridized carbons (Fsp3) is 0.0500. The molecule has 2 heterocycles. The molecule has 0 fully saturated rings. The van der Waals surface area contributed by atoms with Crippen LogP contribution in [0.4, 0.5) is 10.8 Å². The van der Waals surface area contributed by atoms with E-state index in [-0.39, 0.29) is 0 Å². The highest BCUT2D eigenvalue weighted by molar-refractivity contribution is 7.22. The monoisotopic (exact) mass is 358 g/mol. The van der Waals surface area contributed by atoms with Gasteiger partial charge in [-0.15, -0.1) is 0 Å². The Morgan fingerprint density at radius 1 is 1.08 bits per heavy atom. The van der Waals surface area contributed by atoms with Crippen molar-refractivity contribution >= 4 is 32.4 Å². The number of methoxy groups -OCH3 is 1. The van der Waals surface area contributed by atoms with Crippen LogP contribution in [0.2, 0.25) is 0 Å². The summed E-state index contributed by atoms with van der Waals surface area (Å²) >= 11 is 1.57. The summed E-state index contributed by atoms with van der Waals surface area (Å²) in [5.74, 6) is 0.728. The average molecular weight is 358 g/mol. The van der Waals surface area contributed by atoms with Crippen LogP contribution in [0, 0.1) is 11.3 Å². The number of nitrogens with one attached hydrogen (secondary N) is 1. The van der Waals surface area contributed by atoms with Crippen molar-refractivity contribution in [2.75, 3.05) is 12.4 Å². The standard InChI is InChI=1S/C20H14N4OS/c1-25-17-8-15(11-22-12-17)14-5-6-18-19(9-14)26-20(24-18)23-16-4-2-3-13(7-16)10-21/h2-9,11-12H,1H3,(H,23,24). The molecular weight excluding hydrogens is 344 g/mol. The number of thiazole rings is 1. The highest BCUT2D eigenvalue weighted by Gasteiger charge is 2.08. The van der Waals surface area contributed by atoms with E-state index in [1.165, 1.54) is 0 Å². The van der Waals surface area contributed by atoms with E-state index in [0.717, 1.165) is 37.9 Å². The Balaban J connectivity index is 1.66. The highest BCUT2D eigenvalue weighted by Crippen LogP contribution is 2.32. The molecule has 0 radical (unpaired) electrons. The average Bonchev–Trinajstić information content (AvgIpc) is 3.09. The molecule has 0 aliphatic heterocycles. The maximum Gasteiger partial charge on any atom is 0.188 e. The number of fused-ring (bicyclic) bond motifs is 1. The number of ether oxygens (including phenoxy) is 1. The Labute approximate surface area is 154 Å². The number of pyridine rings is 1. The third-order valence-corrected chi connectivity index (χ3v) is 4.85. The van der Waals surface area contributed by atoms with Crippen LogP contribution in [0.1, 0.15) is 5.56 Å². The normalized spacial score (nSPS) is 10.5. The second kappa shape index (κ2) is 6.82. The molecule has 0 saturated heterocycles. The lowest BCUT2D eigenvalue weighted by Gasteiger charge is -2.03. The van der Waals surface area contributed by atoms with Gasteiger partial charge in [0.15, 0.2) is 5.13 Å². The second-order valence-electron chi connectivity index (χ2n) is 5.63. The van der Waals surface area contributed by atoms with Gasteiger partial charge in [-0.2, -0.15) is 5.26 Å². The summed E-state index contributed by atoms with van der Waals surface area (Å²) in [6, 6.07) is 17.6. The molecule has 4 aromatic rings. The van der Waals surface area contributed by atoms with Crippen LogP contribution in [0.25, 0.3) is 21.3 Å². The van der Waals surface area contributed by atoms with Gasteiger partial charge in [0.1, 0.15) is 5.75 Å². The van der Waals surface area contributed by atoms with E-state index in [2.05, 4.69) is 27.4 Å². The Kier molecular flexibility index (Phi) is 4.22. The number of rotatable bonds is 4. The first kappa shape index (κ1) is 16.1. The first-order valence-corrected chi connectivity index (χ1v) is 8.74. The molecule has 6 heteroatoms. The molecule has 26 heavy (non-hydrogen) atoms. The number of nitrogens with zero attached hydrogens (tertiary/aromatic N) is 3. The molecule has 1 N–H and O–H groups in total. The van der Waals surface area contributed by atoms with Gasteiger partial charge in [-0.3, -0.25) is 4.98 Å². The molecular formula is C20H14N4OS. The van der Waals surface area contributed by atoms with E-state index >= 15 is 0 Å². The molecule has 126 valence electrons. The van der Waals surface area contributed by atoms with E-state index < -0.39 is 0 Å². The summed E-state index contributed by atoms with van der Waals surface area (Å²) < 4.78 is 6.32. The fourth-order valence-corrected chi connectivity index (χ4v) is 3.56. The van der Waals surface area contributed by atoms with Gasteiger partial charge in [0.05, 0.1) is 35.2 Å². The van der Waals surface area contributed by atoms with E-state index in [1.54, 1.807) is 36.8 Å². The maximum absolute atomic E-state index is 9.01. The zero-order valence-electron chi connectivity index (χ0n) is 13.9. The Bertz CT molecular complexity index is 1130. The van der Waals surface area contributed by atoms with E-state index in [0.29, 0.717) is 5.56 Å². The van der Waals surface area contributed by atoms with Crippen LogP contribution in [0.5, 0.6) is 5.75 Å². The van der Waals surface area contributed by atoms with Gasteiger partial charge in [0, 0.05) is 17.4 Å². The SMILES string of the molecule is COc1cncc(-c2ccc3nc(Nc4cccc(C#N)c4)sc3c2)c1. The first-order valence-electron chi connectivity index (χ1n) is 7.92. The molecule has 4 rings (SSSR count). The third-order valence-electron chi connectivity index (χ3n) is 3.91. The smallest absolute Gasteiger partial charge is 0.188 e. The molecule has 0 spiro atoms. The van der Waals surface area contributed by atoms with Crippen molar-refractivity contribution in [2.24, 2.45) is 0 Å². The van der Waals surface area contributed by atoms with Gasteiger partial charge < -0.3 is 10.1 Å². The molecule has 0 unspecified atom stereocenters. The van der Waals surface area contributed by atoms with Crippen LogP contribution in [-0.4, -0.2) is 17.1 Å². The van der Waals surface area contributed by atoms with Crippen molar-refractivity contribution < 1.29 is 4.74 Å². The zero-order valence-corrected chi connectivity index (χ0v) is 14.7. The minimum Gasteiger partial charge on any atom is -0.495 e. The predicted molar refractivity (Wildman–Crippen MR) is 104 cm³/mol. The molecule has 5 nitrogen and oxygen atoms in total. The summed E-state index contributed by atoms with van der Waals surface area (Å²) in [5.41, 5.74) is 4.44. The van der Waals surface area contributed by atoms with Gasteiger partial charge in [-0.05, 0) is 42.0 Å². The number of aromatic nitrogens is 2. The summed E-state index contributed by atoms with van der Waals surface area (Å²) in [6.07, 6.45) is 3.50. The number of nitriles is 1. The van der Waals surface area contributed by atoms with Gasteiger partial charge in [-0.1, -0.05) is 23.5 Å². The number of hydrogen-bond donors (Lipinski definition) is 1. The van der Waals surface area contributed by atoms with Crippen molar-refractivity contribution in [3.8, 4) is 22.9 Å². The van der Waals surface area contributed by atoms with E-state index in [4.69, 9.17) is 10.00 Å². The largest absolute Gasteiger partial charge is 0.495 e. The van der Waals surface area contributed by atoms with Crippen LogP contribution >= 0.6 is 11.3 Å². The fourth-order valence-electron chi connectivity index (χ4n) is 2.64. The summed E-state index contributed by atoms with van der Waals surface area (Å²) in [7, 11) is 1.63. The van der Waals surface area contributed by atoms with Crippen LogP contribution < -0.4 is 10.1 Å². The molecule has 0 atom stereocenters. The summed E-state index contributed by atoms with van der Waals surface area (Å²) in [4.78, 5) is 8.83. The van der Waals surface area contributed by atoms with Gasteiger partial charge in [0.2, 0.25) is 0 Å². The third kappa shape index (κ3) is 3.21. The van der Waals surface area contributed by atoms with E-state index in [9.17, 15) is 0 Å². The quantitative estimate of drug-likeness (QED) is 0.557. The Morgan fingerprint density at radius 2 is 2.00 bits per heavy atom. The van der Waals surface area contributed by atoms with Crippen LogP contribution in [0.3, 0.4) is 0 Å². The van der Waals surface area contributed by atoms with Crippen molar-refractivity contribution in [3.05, 3.63) is 66.5 Å². The highest BCUT2D eigenvalue weighted by atomic mass is 32.1. The van der Waals surface area contributed by atoms with Crippen molar-refractivity contribution in [2.45, 2.75) is 0 Å². The lowest BCUT2D eigenvalue weighted by atomic mass is 10.1. The maximum atomic E-state index is 9.01. The second-order valence-corrected chi connectivity index (χ2v) is 6.66. The van der Waals surface area contributed by atoms with Crippen molar-refractivity contribution in [3.63, 3.8) is 0 Å². The van der Waals surface area contributed by atoms with Gasteiger partial charge in [0.25, 0.3) is 0 Å². The molecule has 2 aromatic carbocycles. The number of hydrogen-bond acceptors (Lipinski definition) is 6. The van der Waals surface area contributed by atoms with Crippen molar-refractivity contribution in [1.82, 2.24) is 9.97 Å². The molecule has 0 aliphatic rings. The van der Waals surface area contributed by atoms with Crippen LogP contribution in [-0.2, 0) is 0 Å². The summed E-state index contributed by atoms with van der Waals surface area (Å²) in [5, 5.41) is 13.1. The van der Waals surface area contributed by atoms with Crippen LogP contribution in [0.15, 0.2) is 60.9 Å². The topological polar surface area (TPSA) is 70.8 Å².